The highest BCUT2D eigenvalue weighted by atomic mass is 32.1. The Kier molecular flexibility index (Phi) is 5.00. The molecule has 0 aliphatic heterocycles. The second kappa shape index (κ2) is 7.59. The number of aryl methyl sites for hydroxylation is 1. The van der Waals surface area contributed by atoms with Crippen LogP contribution in [0.2, 0.25) is 0 Å². The van der Waals surface area contributed by atoms with E-state index in [-0.39, 0.29) is 24.3 Å². The highest BCUT2D eigenvalue weighted by Gasteiger charge is 2.23. The van der Waals surface area contributed by atoms with Gasteiger partial charge in [0.25, 0.3) is 0 Å². The number of nitrogens with one attached hydrogen (secondary N) is 2. The van der Waals surface area contributed by atoms with Gasteiger partial charge in [0.1, 0.15) is 11.6 Å². The minimum atomic E-state index is -0.205. The van der Waals surface area contributed by atoms with Gasteiger partial charge in [-0.3, -0.25) is 4.79 Å². The maximum Gasteiger partial charge on any atom is 0.236 e. The first kappa shape index (κ1) is 18.4. The molecule has 0 bridgehead atoms. The number of H-pyrrole nitrogens is 1. The Morgan fingerprint density at radius 3 is 2.75 bits per heavy atom. The van der Waals surface area contributed by atoms with E-state index in [1.807, 2.05) is 48.7 Å². The van der Waals surface area contributed by atoms with Gasteiger partial charge in [-0.15, -0.1) is 11.3 Å². The minimum absolute atomic E-state index is 0.103. The van der Waals surface area contributed by atoms with Gasteiger partial charge in [0.15, 0.2) is 0 Å². The molecule has 0 radical (unpaired) electrons. The van der Waals surface area contributed by atoms with E-state index in [9.17, 15) is 4.79 Å². The summed E-state index contributed by atoms with van der Waals surface area (Å²) < 4.78 is 5.74. The highest BCUT2D eigenvalue weighted by molar-refractivity contribution is 7.13. The van der Waals surface area contributed by atoms with Crippen molar-refractivity contribution in [1.82, 2.24) is 20.3 Å². The smallest absolute Gasteiger partial charge is 0.236 e. The lowest BCUT2D eigenvalue weighted by atomic mass is 10.0. The number of rotatable bonds is 6. The molecule has 0 saturated heterocycles. The fraction of sp³-hybridized carbons (Fsp3) is 0.286. The molecule has 6 nitrogen and oxygen atoms in total. The van der Waals surface area contributed by atoms with Crippen molar-refractivity contribution >= 4 is 28.3 Å². The summed E-state index contributed by atoms with van der Waals surface area (Å²) in [5, 5.41) is 5.08. The number of carbonyl (C=O) groups is 1. The SMILES string of the molecule is Cc1oc(-c2cccs2)nc1CC(=O)N[C@H](c1nc2ccccc2[nH]1)C(C)C. The lowest BCUT2D eigenvalue weighted by molar-refractivity contribution is -0.121. The summed E-state index contributed by atoms with van der Waals surface area (Å²) in [7, 11) is 0. The molecule has 4 rings (SSSR count). The van der Waals surface area contributed by atoms with Crippen molar-refractivity contribution in [2.45, 2.75) is 33.2 Å². The van der Waals surface area contributed by atoms with E-state index in [1.165, 1.54) is 0 Å². The first-order valence-corrected chi connectivity index (χ1v) is 10.1. The lowest BCUT2D eigenvalue weighted by Gasteiger charge is -2.20. The minimum Gasteiger partial charge on any atom is -0.440 e. The first-order chi connectivity index (χ1) is 13.5. The monoisotopic (exact) mass is 394 g/mol. The van der Waals surface area contributed by atoms with E-state index >= 15 is 0 Å². The van der Waals surface area contributed by atoms with Crippen LogP contribution in [-0.2, 0) is 11.2 Å². The molecule has 28 heavy (non-hydrogen) atoms. The van der Waals surface area contributed by atoms with Crippen LogP contribution in [0.15, 0.2) is 46.2 Å². The van der Waals surface area contributed by atoms with Crippen LogP contribution in [0.1, 0.15) is 37.2 Å². The number of imidazole rings is 1. The number of aromatic nitrogens is 3. The normalized spacial score (nSPS) is 12.6. The predicted octanol–water partition coefficient (Wildman–Crippen LogP) is 4.64. The third kappa shape index (κ3) is 3.71. The van der Waals surface area contributed by atoms with Crippen molar-refractivity contribution in [1.29, 1.82) is 0 Å². The first-order valence-electron chi connectivity index (χ1n) is 9.25. The van der Waals surface area contributed by atoms with E-state index in [2.05, 4.69) is 34.1 Å². The molecular weight excluding hydrogens is 372 g/mol. The molecule has 144 valence electrons. The number of fused-ring (bicyclic) bond motifs is 1. The highest BCUT2D eigenvalue weighted by Crippen LogP contribution is 2.26. The number of carbonyl (C=O) groups excluding carboxylic acids is 1. The van der Waals surface area contributed by atoms with Gasteiger partial charge < -0.3 is 14.7 Å². The van der Waals surface area contributed by atoms with Gasteiger partial charge in [0, 0.05) is 0 Å². The number of para-hydroxylation sites is 2. The van der Waals surface area contributed by atoms with Gasteiger partial charge in [-0.2, -0.15) is 0 Å². The van der Waals surface area contributed by atoms with Crippen molar-refractivity contribution in [2.24, 2.45) is 5.92 Å². The van der Waals surface area contributed by atoms with Crippen LogP contribution in [0, 0.1) is 12.8 Å². The van der Waals surface area contributed by atoms with E-state index in [4.69, 9.17) is 4.42 Å². The van der Waals surface area contributed by atoms with E-state index in [0.717, 1.165) is 21.7 Å². The zero-order chi connectivity index (χ0) is 19.7. The molecule has 0 fully saturated rings. The second-order valence-corrected chi connectivity index (χ2v) is 8.05. The summed E-state index contributed by atoms with van der Waals surface area (Å²) in [5.41, 5.74) is 2.52. The van der Waals surface area contributed by atoms with Gasteiger partial charge in [-0.1, -0.05) is 32.0 Å². The maximum atomic E-state index is 12.7. The van der Waals surface area contributed by atoms with Crippen LogP contribution in [0.4, 0.5) is 0 Å². The Hall–Kier alpha value is -2.93. The largest absolute Gasteiger partial charge is 0.440 e. The van der Waals surface area contributed by atoms with Crippen LogP contribution in [0.3, 0.4) is 0 Å². The molecule has 7 heteroatoms. The third-order valence-electron chi connectivity index (χ3n) is 4.64. The number of aromatic amines is 1. The van der Waals surface area contributed by atoms with Crippen molar-refractivity contribution in [3.8, 4) is 10.8 Å². The van der Waals surface area contributed by atoms with Crippen molar-refractivity contribution in [2.75, 3.05) is 0 Å². The van der Waals surface area contributed by atoms with Gasteiger partial charge in [-0.25, -0.2) is 9.97 Å². The van der Waals surface area contributed by atoms with Crippen LogP contribution in [-0.4, -0.2) is 20.9 Å². The molecule has 1 atom stereocenters. The number of hydrogen-bond acceptors (Lipinski definition) is 5. The summed E-state index contributed by atoms with van der Waals surface area (Å²) in [5.74, 6) is 2.08. The molecule has 0 aliphatic rings. The number of oxazole rings is 1. The topological polar surface area (TPSA) is 83.8 Å². The molecular formula is C21H22N4O2S. The summed E-state index contributed by atoms with van der Waals surface area (Å²) >= 11 is 1.56. The molecule has 1 amide bonds. The summed E-state index contributed by atoms with van der Waals surface area (Å²) in [6.07, 6.45) is 0.171. The Morgan fingerprint density at radius 2 is 2.04 bits per heavy atom. The Labute approximate surface area is 167 Å². The second-order valence-electron chi connectivity index (χ2n) is 7.10. The zero-order valence-corrected chi connectivity index (χ0v) is 16.8. The van der Waals surface area contributed by atoms with E-state index < -0.39 is 0 Å². The molecule has 1 aromatic carbocycles. The van der Waals surface area contributed by atoms with Gasteiger partial charge in [0.2, 0.25) is 11.8 Å². The number of amides is 1. The van der Waals surface area contributed by atoms with Crippen molar-refractivity contribution < 1.29 is 9.21 Å². The quantitative estimate of drug-likeness (QED) is 0.499. The van der Waals surface area contributed by atoms with Crippen LogP contribution < -0.4 is 5.32 Å². The maximum absolute atomic E-state index is 12.7. The van der Waals surface area contributed by atoms with Gasteiger partial charge >= 0.3 is 0 Å². The van der Waals surface area contributed by atoms with Gasteiger partial charge in [-0.05, 0) is 36.4 Å². The molecule has 3 aromatic heterocycles. The fourth-order valence-electron chi connectivity index (χ4n) is 3.14. The Bertz CT molecular complexity index is 1060. The van der Waals surface area contributed by atoms with Crippen LogP contribution in [0.5, 0.6) is 0 Å². The summed E-state index contributed by atoms with van der Waals surface area (Å²) in [6, 6.07) is 11.6. The van der Waals surface area contributed by atoms with Crippen molar-refractivity contribution in [3.63, 3.8) is 0 Å². The number of thiophene rings is 1. The van der Waals surface area contributed by atoms with Crippen LogP contribution >= 0.6 is 11.3 Å². The molecule has 4 aromatic rings. The molecule has 3 heterocycles. The van der Waals surface area contributed by atoms with Gasteiger partial charge in [0.05, 0.1) is 34.1 Å². The number of hydrogen-bond donors (Lipinski definition) is 2. The number of benzene rings is 1. The van der Waals surface area contributed by atoms with E-state index in [1.54, 1.807) is 11.3 Å². The molecule has 0 aliphatic carbocycles. The van der Waals surface area contributed by atoms with Crippen LogP contribution in [0.25, 0.3) is 21.8 Å². The number of nitrogens with zero attached hydrogens (tertiary/aromatic N) is 2. The molecule has 0 unspecified atom stereocenters. The zero-order valence-electron chi connectivity index (χ0n) is 16.0. The molecule has 0 spiro atoms. The Balaban J connectivity index is 1.51. The van der Waals surface area contributed by atoms with Crippen molar-refractivity contribution in [3.05, 3.63) is 59.1 Å². The average molecular weight is 395 g/mol. The third-order valence-corrected chi connectivity index (χ3v) is 5.50. The Morgan fingerprint density at radius 1 is 1.21 bits per heavy atom. The molecule has 2 N–H and O–H groups in total. The predicted molar refractivity (Wildman–Crippen MR) is 110 cm³/mol. The van der Waals surface area contributed by atoms with E-state index in [0.29, 0.717) is 17.3 Å². The molecule has 0 saturated carbocycles. The lowest BCUT2D eigenvalue weighted by Crippen LogP contribution is -2.33. The fourth-order valence-corrected chi connectivity index (χ4v) is 3.79. The standard InChI is InChI=1S/C21H22N4O2S/c1-12(2)19(20-22-14-7-4-5-8-15(14)23-20)25-18(26)11-16-13(3)27-21(24-16)17-9-6-10-28-17/h4-10,12,19H,11H2,1-3H3,(H,22,23)(H,25,26)/t19-/m0/s1. The average Bonchev–Trinajstić information content (AvgIpc) is 3.39. The summed E-state index contributed by atoms with van der Waals surface area (Å²) in [6.45, 7) is 5.97. The summed E-state index contributed by atoms with van der Waals surface area (Å²) in [4.78, 5) is 26.2.